The van der Waals surface area contributed by atoms with E-state index < -0.39 is 0 Å². The fourth-order valence-corrected chi connectivity index (χ4v) is 4.04. The van der Waals surface area contributed by atoms with Gasteiger partial charge in [-0.25, -0.2) is 4.98 Å². The van der Waals surface area contributed by atoms with Crippen LogP contribution >= 0.6 is 11.3 Å². The molecule has 18 heavy (non-hydrogen) atoms. The average Bonchev–Trinajstić information content (AvgIpc) is 2.83. The molecule has 0 bridgehead atoms. The van der Waals surface area contributed by atoms with Crippen LogP contribution < -0.4 is 10.6 Å². The summed E-state index contributed by atoms with van der Waals surface area (Å²) in [5, 5.41) is 8.37. The third kappa shape index (κ3) is 2.46. The van der Waals surface area contributed by atoms with Gasteiger partial charge in [0, 0.05) is 11.1 Å². The molecule has 1 aliphatic carbocycles. The fourth-order valence-electron chi connectivity index (χ4n) is 3.24. The Labute approximate surface area is 113 Å². The summed E-state index contributed by atoms with van der Waals surface area (Å²) in [7, 11) is 0. The molecule has 1 aromatic heterocycles. The van der Waals surface area contributed by atoms with Crippen LogP contribution in [0.5, 0.6) is 0 Å². The van der Waals surface area contributed by atoms with Gasteiger partial charge in [-0.3, -0.25) is 0 Å². The molecule has 2 unspecified atom stereocenters. The lowest BCUT2D eigenvalue weighted by molar-refractivity contribution is 0.316. The number of nitrogens with one attached hydrogen (secondary N) is 2. The molecule has 2 N–H and O–H groups in total. The summed E-state index contributed by atoms with van der Waals surface area (Å²) in [4.78, 5) is 5.77. The molecule has 2 fully saturated rings. The second-order valence-corrected chi connectivity index (χ2v) is 7.22. The third-order valence-electron chi connectivity index (χ3n) is 4.64. The van der Waals surface area contributed by atoms with Gasteiger partial charge >= 0.3 is 0 Å². The molecule has 4 heteroatoms. The minimum Gasteiger partial charge on any atom is -0.317 e. The van der Waals surface area contributed by atoms with Crippen LogP contribution in [0.15, 0.2) is 6.20 Å². The van der Waals surface area contributed by atoms with Gasteiger partial charge in [0.1, 0.15) is 5.01 Å². The summed E-state index contributed by atoms with van der Waals surface area (Å²) in [6, 6.07) is 0.406. The van der Waals surface area contributed by atoms with Gasteiger partial charge in [0.05, 0.1) is 6.04 Å². The Morgan fingerprint density at radius 1 is 1.56 bits per heavy atom. The van der Waals surface area contributed by atoms with E-state index in [4.69, 9.17) is 0 Å². The first-order valence-electron chi connectivity index (χ1n) is 7.06. The Morgan fingerprint density at radius 2 is 2.33 bits per heavy atom. The standard InChI is InChI=1S/C14H23N3S/c1-10-8-17-13(18-10)11(2)16-9-12-7-14(12)3-5-15-6-4-14/h8,11-12,15-16H,3-7,9H2,1-2H3. The van der Waals surface area contributed by atoms with Gasteiger partial charge in [-0.05, 0) is 64.1 Å². The van der Waals surface area contributed by atoms with Crippen molar-refractivity contribution < 1.29 is 0 Å². The second kappa shape index (κ2) is 4.91. The number of aromatic nitrogens is 1. The van der Waals surface area contributed by atoms with Gasteiger partial charge in [0.25, 0.3) is 0 Å². The molecule has 1 aromatic rings. The Hall–Kier alpha value is -0.450. The molecule has 1 saturated heterocycles. The van der Waals surface area contributed by atoms with Crippen molar-refractivity contribution in [2.45, 2.75) is 39.2 Å². The summed E-state index contributed by atoms with van der Waals surface area (Å²) in [6.45, 7) is 7.96. The first-order chi connectivity index (χ1) is 8.70. The van der Waals surface area contributed by atoms with Crippen LogP contribution in [0, 0.1) is 18.3 Å². The summed E-state index contributed by atoms with van der Waals surface area (Å²) < 4.78 is 0. The summed E-state index contributed by atoms with van der Waals surface area (Å²) in [5.41, 5.74) is 0.691. The quantitative estimate of drug-likeness (QED) is 0.878. The first-order valence-corrected chi connectivity index (χ1v) is 7.88. The number of rotatable bonds is 4. The van der Waals surface area contributed by atoms with E-state index in [0.717, 1.165) is 5.92 Å². The maximum absolute atomic E-state index is 4.46. The van der Waals surface area contributed by atoms with E-state index >= 15 is 0 Å². The smallest absolute Gasteiger partial charge is 0.109 e. The minimum atomic E-state index is 0.406. The molecule has 3 rings (SSSR count). The highest BCUT2D eigenvalue weighted by molar-refractivity contribution is 7.11. The van der Waals surface area contributed by atoms with Gasteiger partial charge in [-0.15, -0.1) is 11.3 Å². The van der Waals surface area contributed by atoms with Crippen LogP contribution in [0.25, 0.3) is 0 Å². The molecule has 0 amide bonds. The van der Waals surface area contributed by atoms with Crippen LogP contribution in [0.2, 0.25) is 0 Å². The van der Waals surface area contributed by atoms with E-state index in [1.165, 1.54) is 48.8 Å². The predicted molar refractivity (Wildman–Crippen MR) is 75.9 cm³/mol. The molecule has 1 aliphatic heterocycles. The number of hydrogen-bond acceptors (Lipinski definition) is 4. The number of thiazole rings is 1. The van der Waals surface area contributed by atoms with Gasteiger partial charge in [-0.2, -0.15) is 0 Å². The van der Waals surface area contributed by atoms with Crippen LogP contribution in [0.1, 0.15) is 42.1 Å². The van der Waals surface area contributed by atoms with Crippen LogP contribution in [-0.4, -0.2) is 24.6 Å². The van der Waals surface area contributed by atoms with Crippen molar-refractivity contribution in [3.8, 4) is 0 Å². The molecule has 1 spiro atoms. The van der Waals surface area contributed by atoms with E-state index in [-0.39, 0.29) is 0 Å². The lowest BCUT2D eigenvalue weighted by atomic mass is 9.92. The zero-order chi connectivity index (χ0) is 12.6. The number of hydrogen-bond donors (Lipinski definition) is 2. The van der Waals surface area contributed by atoms with Crippen molar-refractivity contribution >= 4 is 11.3 Å². The van der Waals surface area contributed by atoms with E-state index in [0.29, 0.717) is 11.5 Å². The lowest BCUT2D eigenvalue weighted by Crippen LogP contribution is -2.31. The number of aryl methyl sites for hydroxylation is 1. The van der Waals surface area contributed by atoms with Crippen molar-refractivity contribution in [2.75, 3.05) is 19.6 Å². The normalized spacial score (nSPS) is 27.3. The van der Waals surface area contributed by atoms with Crippen molar-refractivity contribution in [3.63, 3.8) is 0 Å². The minimum absolute atomic E-state index is 0.406. The molecule has 0 aromatic carbocycles. The Bertz CT molecular complexity index is 409. The van der Waals surface area contributed by atoms with Crippen molar-refractivity contribution in [2.24, 2.45) is 11.3 Å². The first kappa shape index (κ1) is 12.6. The lowest BCUT2D eigenvalue weighted by Gasteiger charge is -2.24. The van der Waals surface area contributed by atoms with Crippen LogP contribution in [0.4, 0.5) is 0 Å². The molecule has 0 radical (unpaired) electrons. The second-order valence-electron chi connectivity index (χ2n) is 5.95. The van der Waals surface area contributed by atoms with Crippen LogP contribution in [0.3, 0.4) is 0 Å². The highest BCUT2D eigenvalue weighted by atomic mass is 32.1. The van der Waals surface area contributed by atoms with E-state index in [9.17, 15) is 0 Å². The molecule has 2 atom stereocenters. The molecule has 1 saturated carbocycles. The summed E-state index contributed by atoms with van der Waals surface area (Å²) in [6.07, 6.45) is 6.17. The SMILES string of the molecule is Cc1cnc(C(C)NCC2CC23CCNCC3)s1. The Balaban J connectivity index is 1.48. The maximum Gasteiger partial charge on any atom is 0.109 e. The monoisotopic (exact) mass is 265 g/mol. The highest BCUT2D eigenvalue weighted by Crippen LogP contribution is 2.58. The zero-order valence-electron chi connectivity index (χ0n) is 11.3. The highest BCUT2D eigenvalue weighted by Gasteiger charge is 2.53. The fraction of sp³-hybridized carbons (Fsp3) is 0.786. The van der Waals surface area contributed by atoms with Crippen molar-refractivity contribution in [1.29, 1.82) is 0 Å². The van der Waals surface area contributed by atoms with E-state index in [2.05, 4.69) is 29.5 Å². The molecular weight excluding hydrogens is 242 g/mol. The largest absolute Gasteiger partial charge is 0.317 e. The summed E-state index contributed by atoms with van der Waals surface area (Å²) in [5.74, 6) is 0.906. The molecule has 2 heterocycles. The van der Waals surface area contributed by atoms with Gasteiger partial charge in [-0.1, -0.05) is 0 Å². The summed E-state index contributed by atoms with van der Waals surface area (Å²) >= 11 is 1.81. The molecule has 2 aliphatic rings. The van der Waals surface area contributed by atoms with Crippen molar-refractivity contribution in [3.05, 3.63) is 16.1 Å². The Morgan fingerprint density at radius 3 is 3.00 bits per heavy atom. The number of nitrogens with zero attached hydrogens (tertiary/aromatic N) is 1. The predicted octanol–water partition coefficient (Wildman–Crippen LogP) is 2.49. The molecule has 100 valence electrons. The zero-order valence-corrected chi connectivity index (χ0v) is 12.1. The third-order valence-corrected chi connectivity index (χ3v) is 5.73. The number of piperidine rings is 1. The Kier molecular flexibility index (Phi) is 3.43. The molecular formula is C14H23N3S. The van der Waals surface area contributed by atoms with Gasteiger partial charge < -0.3 is 10.6 Å². The van der Waals surface area contributed by atoms with Gasteiger partial charge in [0.15, 0.2) is 0 Å². The van der Waals surface area contributed by atoms with Crippen molar-refractivity contribution in [1.82, 2.24) is 15.6 Å². The van der Waals surface area contributed by atoms with E-state index in [1.54, 1.807) is 0 Å². The van der Waals surface area contributed by atoms with Crippen LogP contribution in [-0.2, 0) is 0 Å². The van der Waals surface area contributed by atoms with Gasteiger partial charge in [0.2, 0.25) is 0 Å². The topological polar surface area (TPSA) is 37.0 Å². The van der Waals surface area contributed by atoms with E-state index in [1.807, 2.05) is 17.5 Å². The average molecular weight is 265 g/mol. The molecule has 3 nitrogen and oxygen atoms in total. The maximum atomic E-state index is 4.46.